The molecule has 0 spiro atoms. The zero-order valence-corrected chi connectivity index (χ0v) is 16.8. The van der Waals surface area contributed by atoms with Crippen molar-refractivity contribution in [3.63, 3.8) is 0 Å². The van der Waals surface area contributed by atoms with Crippen LogP contribution >= 0.6 is 11.3 Å². The van der Waals surface area contributed by atoms with E-state index < -0.39 is 0 Å². The predicted molar refractivity (Wildman–Crippen MR) is 112 cm³/mol. The number of fused-ring (bicyclic) bond motifs is 1. The van der Waals surface area contributed by atoms with E-state index in [1.54, 1.807) is 17.5 Å². The maximum Gasteiger partial charge on any atom is 0.231 e. The highest BCUT2D eigenvalue weighted by atomic mass is 32.1. The molecule has 0 aliphatic carbocycles. The van der Waals surface area contributed by atoms with Crippen molar-refractivity contribution in [2.24, 2.45) is 0 Å². The summed E-state index contributed by atoms with van der Waals surface area (Å²) in [6, 6.07) is 10.7. The number of aromatic nitrogens is 1. The third-order valence-electron chi connectivity index (χ3n) is 5.20. The Morgan fingerprint density at radius 1 is 1.10 bits per heavy atom. The lowest BCUT2D eigenvalue weighted by atomic mass is 9.89. The minimum Gasteiger partial charge on any atom is -0.454 e. The molecule has 0 saturated carbocycles. The van der Waals surface area contributed by atoms with Gasteiger partial charge in [-0.2, -0.15) is 0 Å². The van der Waals surface area contributed by atoms with Gasteiger partial charge < -0.3 is 14.2 Å². The van der Waals surface area contributed by atoms with E-state index in [1.165, 1.54) is 10.4 Å². The van der Waals surface area contributed by atoms with E-state index in [-0.39, 0.29) is 18.8 Å². The Morgan fingerprint density at radius 2 is 2.03 bits per heavy atom. The summed E-state index contributed by atoms with van der Waals surface area (Å²) in [5.74, 6) is 7.81. The molecular weight excluding hydrogens is 384 g/mol. The summed E-state index contributed by atoms with van der Waals surface area (Å²) in [7, 11) is 0. The molecule has 1 unspecified atom stereocenters. The molecule has 0 amide bonds. The molecule has 0 bridgehead atoms. The van der Waals surface area contributed by atoms with Crippen molar-refractivity contribution in [1.82, 2.24) is 10.3 Å². The smallest absolute Gasteiger partial charge is 0.231 e. The molecular formula is C23H20N2O3S. The van der Waals surface area contributed by atoms with E-state index in [1.807, 2.05) is 19.2 Å². The summed E-state index contributed by atoms with van der Waals surface area (Å²) in [6.07, 6.45) is 3.68. The Labute approximate surface area is 173 Å². The van der Waals surface area contributed by atoms with Gasteiger partial charge in [0, 0.05) is 34.3 Å². The third kappa shape index (κ3) is 3.60. The fraction of sp³-hybridized carbons (Fsp3) is 0.261. The first kappa shape index (κ1) is 18.2. The van der Waals surface area contributed by atoms with Crippen LogP contribution in [0, 0.1) is 11.8 Å². The van der Waals surface area contributed by atoms with E-state index in [0.717, 1.165) is 28.2 Å². The van der Waals surface area contributed by atoms with Crippen molar-refractivity contribution >= 4 is 11.3 Å². The zero-order valence-electron chi connectivity index (χ0n) is 16.0. The molecule has 2 aliphatic rings. The quantitative estimate of drug-likeness (QED) is 0.659. The number of ether oxygens (including phenoxy) is 3. The Morgan fingerprint density at radius 3 is 2.97 bits per heavy atom. The number of pyridine rings is 1. The van der Waals surface area contributed by atoms with Gasteiger partial charge in [-0.05, 0) is 47.7 Å². The van der Waals surface area contributed by atoms with Gasteiger partial charge in [0.2, 0.25) is 6.79 Å². The van der Waals surface area contributed by atoms with Crippen LogP contribution in [0.3, 0.4) is 0 Å². The van der Waals surface area contributed by atoms with Gasteiger partial charge in [-0.1, -0.05) is 12.0 Å². The normalized spacial score (nSPS) is 20.2. The van der Waals surface area contributed by atoms with Crippen molar-refractivity contribution in [3.8, 4) is 34.5 Å². The van der Waals surface area contributed by atoms with Crippen LogP contribution in [0.4, 0.5) is 0 Å². The number of benzene rings is 1. The predicted octanol–water partition coefficient (Wildman–Crippen LogP) is 4.31. The molecule has 146 valence electrons. The second-order valence-electron chi connectivity index (χ2n) is 6.99. The summed E-state index contributed by atoms with van der Waals surface area (Å²) in [5, 5.41) is 5.71. The van der Waals surface area contributed by atoms with Crippen LogP contribution in [0.15, 0.2) is 48.1 Å². The largest absolute Gasteiger partial charge is 0.454 e. The zero-order chi connectivity index (χ0) is 19.6. The van der Waals surface area contributed by atoms with Gasteiger partial charge in [-0.25, -0.2) is 0 Å². The van der Waals surface area contributed by atoms with E-state index >= 15 is 0 Å². The Hall–Kier alpha value is -2.85. The number of thiophene rings is 1. The van der Waals surface area contributed by atoms with Gasteiger partial charge >= 0.3 is 0 Å². The SMILES string of the molecule is CC#Cc1cncc(-c2csc([C@H]3NCOCC3c3ccc4c(c3)OCO4)c2)c1. The van der Waals surface area contributed by atoms with Crippen LogP contribution < -0.4 is 14.8 Å². The maximum absolute atomic E-state index is 5.74. The van der Waals surface area contributed by atoms with E-state index in [4.69, 9.17) is 14.2 Å². The molecule has 4 heterocycles. The highest BCUT2D eigenvalue weighted by molar-refractivity contribution is 7.10. The number of nitrogens with one attached hydrogen (secondary N) is 1. The lowest BCUT2D eigenvalue weighted by Gasteiger charge is -2.32. The van der Waals surface area contributed by atoms with E-state index in [0.29, 0.717) is 13.3 Å². The highest BCUT2D eigenvalue weighted by Crippen LogP contribution is 2.41. The molecule has 2 aliphatic heterocycles. The van der Waals surface area contributed by atoms with Crippen LogP contribution in [-0.2, 0) is 4.74 Å². The molecule has 3 aromatic rings. The Kier molecular flexibility index (Phi) is 4.94. The summed E-state index contributed by atoms with van der Waals surface area (Å²) < 4.78 is 16.8. The summed E-state index contributed by atoms with van der Waals surface area (Å²) in [4.78, 5) is 5.61. The fourth-order valence-electron chi connectivity index (χ4n) is 3.78. The average Bonchev–Trinajstić information content (AvgIpc) is 3.43. The van der Waals surface area contributed by atoms with Crippen LogP contribution in [0.2, 0.25) is 0 Å². The lowest BCUT2D eigenvalue weighted by molar-refractivity contribution is 0.0445. The maximum atomic E-state index is 5.74. The summed E-state index contributed by atoms with van der Waals surface area (Å²) in [6.45, 7) is 3.32. The van der Waals surface area contributed by atoms with Crippen molar-refractivity contribution in [1.29, 1.82) is 0 Å². The van der Waals surface area contributed by atoms with Gasteiger partial charge in [0.15, 0.2) is 11.5 Å². The second kappa shape index (κ2) is 7.88. The molecule has 2 atom stereocenters. The number of hydrogen-bond donors (Lipinski definition) is 1. The minimum atomic E-state index is 0.175. The molecule has 2 aromatic heterocycles. The molecule has 0 radical (unpaired) electrons. The van der Waals surface area contributed by atoms with Crippen LogP contribution in [0.1, 0.15) is 34.9 Å². The second-order valence-corrected chi connectivity index (χ2v) is 7.93. The molecule has 5 nitrogen and oxygen atoms in total. The van der Waals surface area contributed by atoms with Crippen molar-refractivity contribution in [2.45, 2.75) is 18.9 Å². The topological polar surface area (TPSA) is 52.6 Å². The van der Waals surface area contributed by atoms with Crippen LogP contribution in [-0.4, -0.2) is 25.1 Å². The molecule has 1 aromatic carbocycles. The Balaban J connectivity index is 1.45. The van der Waals surface area contributed by atoms with Gasteiger partial charge in [0.05, 0.1) is 19.4 Å². The molecule has 6 heteroatoms. The van der Waals surface area contributed by atoms with E-state index in [9.17, 15) is 0 Å². The molecule has 1 fully saturated rings. The number of rotatable bonds is 3. The monoisotopic (exact) mass is 404 g/mol. The van der Waals surface area contributed by atoms with Gasteiger partial charge in [-0.15, -0.1) is 17.3 Å². The number of hydrogen-bond acceptors (Lipinski definition) is 6. The average molecular weight is 404 g/mol. The van der Waals surface area contributed by atoms with Crippen molar-refractivity contribution in [2.75, 3.05) is 20.1 Å². The standard InChI is InChI=1S/C23H20N2O3S/c1-2-3-15-6-17(10-24-9-15)18-8-22(29-12-18)23-19(11-26-13-25-23)16-4-5-20-21(7-16)28-14-27-20/h4-10,12,19,23,25H,11,13-14H2,1H3/t19?,23-/m0/s1. The summed E-state index contributed by atoms with van der Waals surface area (Å²) >= 11 is 1.76. The third-order valence-corrected chi connectivity index (χ3v) is 6.21. The minimum absolute atomic E-state index is 0.175. The molecule has 29 heavy (non-hydrogen) atoms. The fourth-order valence-corrected chi connectivity index (χ4v) is 4.84. The highest BCUT2D eigenvalue weighted by Gasteiger charge is 2.30. The van der Waals surface area contributed by atoms with Gasteiger partial charge in [0.1, 0.15) is 0 Å². The number of nitrogens with zero attached hydrogens (tertiary/aromatic N) is 1. The van der Waals surface area contributed by atoms with E-state index in [2.05, 4.69) is 51.8 Å². The summed E-state index contributed by atoms with van der Waals surface area (Å²) in [5.41, 5.74) is 4.36. The molecule has 5 rings (SSSR count). The van der Waals surface area contributed by atoms with Gasteiger partial charge in [0.25, 0.3) is 0 Å². The lowest BCUT2D eigenvalue weighted by Crippen LogP contribution is -2.36. The van der Waals surface area contributed by atoms with Crippen LogP contribution in [0.5, 0.6) is 11.5 Å². The van der Waals surface area contributed by atoms with Crippen LogP contribution in [0.25, 0.3) is 11.1 Å². The Bertz CT molecular complexity index is 1100. The van der Waals surface area contributed by atoms with Crippen molar-refractivity contribution in [3.05, 3.63) is 64.1 Å². The molecule has 1 N–H and O–H groups in total. The molecule has 1 saturated heterocycles. The first-order chi connectivity index (χ1) is 14.3. The first-order valence-corrected chi connectivity index (χ1v) is 10.4. The first-order valence-electron chi connectivity index (χ1n) is 9.49. The van der Waals surface area contributed by atoms with Gasteiger partial charge in [-0.3, -0.25) is 10.3 Å². The van der Waals surface area contributed by atoms with Crippen molar-refractivity contribution < 1.29 is 14.2 Å².